The average Bonchev–Trinajstić information content (AvgIpc) is 3.16. The first-order valence-electron chi connectivity index (χ1n) is 13.5. The Bertz CT molecular complexity index is 813. The van der Waals surface area contributed by atoms with Crippen molar-refractivity contribution in [3.63, 3.8) is 0 Å². The molecule has 5 heteroatoms. The number of alkyl halides is 2. The van der Waals surface area contributed by atoms with E-state index in [1.807, 2.05) is 0 Å². The van der Waals surface area contributed by atoms with Crippen molar-refractivity contribution in [3.05, 3.63) is 35.5 Å². The summed E-state index contributed by atoms with van der Waals surface area (Å²) in [7, 11) is 0. The lowest BCUT2D eigenvalue weighted by Gasteiger charge is -2.46. The molecule has 0 amide bonds. The number of likely N-dealkylation sites (tertiary alicyclic amines) is 1. The Hall–Kier alpha value is -1.04. The van der Waals surface area contributed by atoms with Crippen LogP contribution in [0.3, 0.4) is 0 Å². The molecule has 3 aliphatic carbocycles. The minimum Gasteiger partial charge on any atom is -0.388 e. The SMILES string of the molecule is C=C1/C(=C\C=C2/CCCC3(C)C2CCC3C(C)CN2CCC(O)(C(F)F)CC2)CCC(C)[C@@H]1O. The number of piperidine rings is 1. The molecule has 0 aromatic heterocycles. The Balaban J connectivity index is 1.41. The zero-order valence-corrected chi connectivity index (χ0v) is 21.4. The minimum absolute atomic E-state index is 0.169. The maximum absolute atomic E-state index is 13.2. The number of aliphatic hydroxyl groups excluding tert-OH is 1. The van der Waals surface area contributed by atoms with Crippen molar-refractivity contribution in [1.82, 2.24) is 4.90 Å². The van der Waals surface area contributed by atoms with E-state index >= 15 is 0 Å². The quantitative estimate of drug-likeness (QED) is 0.501. The fourth-order valence-electron chi connectivity index (χ4n) is 7.72. The Labute approximate surface area is 205 Å². The molecular formula is C29H45F2NO2. The molecule has 1 heterocycles. The fourth-order valence-corrected chi connectivity index (χ4v) is 7.72. The van der Waals surface area contributed by atoms with Crippen molar-refractivity contribution in [2.24, 2.45) is 29.1 Å². The molecule has 6 atom stereocenters. The molecule has 0 aromatic rings. The lowest BCUT2D eigenvalue weighted by molar-refractivity contribution is -0.128. The van der Waals surface area contributed by atoms with Crippen LogP contribution in [-0.4, -0.2) is 52.9 Å². The van der Waals surface area contributed by atoms with Crippen LogP contribution in [0.2, 0.25) is 0 Å². The van der Waals surface area contributed by atoms with Gasteiger partial charge in [-0.25, -0.2) is 8.78 Å². The van der Waals surface area contributed by atoms with Crippen molar-refractivity contribution in [2.75, 3.05) is 19.6 Å². The van der Waals surface area contributed by atoms with Crippen molar-refractivity contribution in [2.45, 2.75) is 96.7 Å². The summed E-state index contributed by atoms with van der Waals surface area (Å²) in [6, 6.07) is 0. The van der Waals surface area contributed by atoms with Crippen LogP contribution < -0.4 is 0 Å². The molecule has 5 unspecified atom stereocenters. The van der Waals surface area contributed by atoms with Crippen molar-refractivity contribution >= 4 is 0 Å². The van der Waals surface area contributed by atoms with Crippen LogP contribution in [0.5, 0.6) is 0 Å². The van der Waals surface area contributed by atoms with Gasteiger partial charge in [0.2, 0.25) is 0 Å². The van der Waals surface area contributed by atoms with E-state index < -0.39 is 18.1 Å². The number of nitrogens with zero attached hydrogens (tertiary/aromatic N) is 1. The highest BCUT2D eigenvalue weighted by Crippen LogP contribution is 2.59. The van der Waals surface area contributed by atoms with Crippen molar-refractivity contribution < 1.29 is 19.0 Å². The summed E-state index contributed by atoms with van der Waals surface area (Å²) in [4.78, 5) is 2.29. The van der Waals surface area contributed by atoms with E-state index in [0.29, 0.717) is 36.3 Å². The first-order valence-corrected chi connectivity index (χ1v) is 13.5. The third-order valence-corrected chi connectivity index (χ3v) is 10.1. The van der Waals surface area contributed by atoms with Gasteiger partial charge in [0.25, 0.3) is 6.43 Å². The molecule has 0 spiro atoms. The van der Waals surface area contributed by atoms with Crippen LogP contribution in [0.1, 0.15) is 78.6 Å². The molecule has 4 fully saturated rings. The molecule has 0 aromatic carbocycles. The van der Waals surface area contributed by atoms with E-state index in [0.717, 1.165) is 31.4 Å². The monoisotopic (exact) mass is 477 g/mol. The number of allylic oxidation sites excluding steroid dienone is 3. The molecule has 34 heavy (non-hydrogen) atoms. The number of aliphatic hydroxyl groups is 2. The zero-order chi connectivity index (χ0) is 24.7. The standard InChI is InChI=1S/C29H45F2NO2/c1-19-7-8-22(21(3)26(19)33)9-10-23-6-5-13-28(4)24(11-12-25(23)28)20(2)18-32-16-14-29(34,15-17-32)27(30)31/h9-10,19-20,24-27,33-34H,3,5-8,11-18H2,1-2,4H3/b22-9-,23-10+/t19?,20?,24?,25?,26-,28?/m0/s1. The summed E-state index contributed by atoms with van der Waals surface area (Å²) in [6.07, 6.45) is 9.98. The van der Waals surface area contributed by atoms with E-state index in [9.17, 15) is 19.0 Å². The van der Waals surface area contributed by atoms with Gasteiger partial charge in [0, 0.05) is 19.6 Å². The van der Waals surface area contributed by atoms with Crippen LogP contribution >= 0.6 is 0 Å². The number of rotatable bonds is 5. The summed E-state index contributed by atoms with van der Waals surface area (Å²) in [5, 5.41) is 20.5. The van der Waals surface area contributed by atoms with Gasteiger partial charge in [0.1, 0.15) is 5.60 Å². The van der Waals surface area contributed by atoms with Crippen LogP contribution in [0.25, 0.3) is 0 Å². The smallest absolute Gasteiger partial charge is 0.266 e. The molecule has 3 nitrogen and oxygen atoms in total. The number of hydrogen-bond donors (Lipinski definition) is 2. The highest BCUT2D eigenvalue weighted by molar-refractivity contribution is 5.38. The first-order chi connectivity index (χ1) is 16.0. The number of halogens is 2. The topological polar surface area (TPSA) is 43.7 Å². The van der Waals surface area contributed by atoms with E-state index in [1.165, 1.54) is 31.3 Å². The van der Waals surface area contributed by atoms with Crippen LogP contribution in [0.4, 0.5) is 8.78 Å². The van der Waals surface area contributed by atoms with Gasteiger partial charge >= 0.3 is 0 Å². The largest absolute Gasteiger partial charge is 0.388 e. The molecule has 3 saturated carbocycles. The van der Waals surface area contributed by atoms with E-state index in [4.69, 9.17) is 0 Å². The van der Waals surface area contributed by atoms with Gasteiger partial charge in [-0.05, 0) is 98.0 Å². The summed E-state index contributed by atoms with van der Waals surface area (Å²) in [5.41, 5.74) is 2.17. The third-order valence-electron chi connectivity index (χ3n) is 10.1. The van der Waals surface area contributed by atoms with Crippen LogP contribution in [0.15, 0.2) is 35.5 Å². The predicted molar refractivity (Wildman–Crippen MR) is 134 cm³/mol. The second-order valence-corrected chi connectivity index (χ2v) is 12.2. The average molecular weight is 478 g/mol. The van der Waals surface area contributed by atoms with Crippen LogP contribution in [-0.2, 0) is 0 Å². The molecular weight excluding hydrogens is 432 g/mol. The van der Waals surface area contributed by atoms with Gasteiger partial charge in [0.05, 0.1) is 6.10 Å². The minimum atomic E-state index is -2.65. The molecule has 192 valence electrons. The normalized spacial score (nSPS) is 40.2. The molecule has 4 rings (SSSR count). The molecule has 1 aliphatic heterocycles. The lowest BCUT2D eigenvalue weighted by atomic mass is 9.61. The highest BCUT2D eigenvalue weighted by atomic mass is 19.3. The maximum Gasteiger partial charge on any atom is 0.266 e. The summed E-state index contributed by atoms with van der Waals surface area (Å²) < 4.78 is 26.3. The zero-order valence-electron chi connectivity index (χ0n) is 21.4. The van der Waals surface area contributed by atoms with E-state index in [1.54, 1.807) is 5.57 Å². The Kier molecular flexibility index (Phi) is 7.77. The molecule has 4 aliphatic rings. The molecule has 0 radical (unpaired) electrons. The predicted octanol–water partition coefficient (Wildman–Crippen LogP) is 6.13. The van der Waals surface area contributed by atoms with Gasteiger partial charge in [-0.1, -0.05) is 45.1 Å². The summed E-state index contributed by atoms with van der Waals surface area (Å²) >= 11 is 0. The van der Waals surface area contributed by atoms with Gasteiger partial charge in [-0.15, -0.1) is 0 Å². The Morgan fingerprint density at radius 2 is 1.82 bits per heavy atom. The molecule has 2 N–H and O–H groups in total. The van der Waals surface area contributed by atoms with Crippen molar-refractivity contribution in [1.29, 1.82) is 0 Å². The number of fused-ring (bicyclic) bond motifs is 1. The van der Waals surface area contributed by atoms with E-state index in [-0.39, 0.29) is 18.8 Å². The summed E-state index contributed by atoms with van der Waals surface area (Å²) in [5.74, 6) is 2.05. The third kappa shape index (κ3) is 4.95. The Morgan fingerprint density at radius 1 is 1.12 bits per heavy atom. The summed E-state index contributed by atoms with van der Waals surface area (Å²) in [6.45, 7) is 13.2. The maximum atomic E-state index is 13.2. The van der Waals surface area contributed by atoms with Gasteiger partial charge in [-0.3, -0.25) is 0 Å². The van der Waals surface area contributed by atoms with Gasteiger partial charge < -0.3 is 15.1 Å². The van der Waals surface area contributed by atoms with Crippen molar-refractivity contribution in [3.8, 4) is 0 Å². The number of hydrogen-bond acceptors (Lipinski definition) is 3. The van der Waals surface area contributed by atoms with E-state index in [2.05, 4.69) is 44.4 Å². The second-order valence-electron chi connectivity index (χ2n) is 12.2. The van der Waals surface area contributed by atoms with Crippen LogP contribution in [0, 0.1) is 29.1 Å². The van der Waals surface area contributed by atoms with Gasteiger partial charge in [0.15, 0.2) is 0 Å². The lowest BCUT2D eigenvalue weighted by Crippen LogP contribution is -2.50. The Morgan fingerprint density at radius 3 is 2.50 bits per heavy atom. The van der Waals surface area contributed by atoms with Gasteiger partial charge in [-0.2, -0.15) is 0 Å². The highest BCUT2D eigenvalue weighted by Gasteiger charge is 2.51. The first kappa shape index (κ1) is 26.0. The molecule has 1 saturated heterocycles. The molecule has 0 bridgehead atoms. The fraction of sp³-hybridized carbons (Fsp3) is 0.793. The second kappa shape index (κ2) is 10.1.